The minimum absolute atomic E-state index is 0.121. The minimum atomic E-state index is 0.121. The number of ether oxygens (including phenoxy) is 1. The molecule has 0 aromatic carbocycles. The van der Waals surface area contributed by atoms with Crippen LogP contribution in [0.1, 0.15) is 30.9 Å². The van der Waals surface area contributed by atoms with E-state index in [2.05, 4.69) is 5.16 Å². The van der Waals surface area contributed by atoms with E-state index >= 15 is 0 Å². The van der Waals surface area contributed by atoms with Crippen LogP contribution in [-0.4, -0.2) is 47.0 Å². The number of hydrogen-bond acceptors (Lipinski definition) is 5. The molecular formula is C14H22N2O3S. The quantitative estimate of drug-likeness (QED) is 0.852. The molecular weight excluding hydrogens is 276 g/mol. The number of carbonyl (C=O) groups is 1. The number of rotatable bonds is 4. The minimum Gasteiger partial charge on any atom is -0.372 e. The van der Waals surface area contributed by atoms with E-state index in [0.717, 1.165) is 22.8 Å². The standard InChI is InChI=1S/C14H22N2O3S/c1-9-5-16(6-10(2)18-9)14(17)8-20-7-13-11(3)15-19-12(13)4/h9-10H,5-8H2,1-4H3/t9-,10+. The number of hydrogen-bond donors (Lipinski definition) is 0. The summed E-state index contributed by atoms with van der Waals surface area (Å²) in [4.78, 5) is 14.1. The third-order valence-electron chi connectivity index (χ3n) is 3.43. The van der Waals surface area contributed by atoms with Crippen LogP contribution in [0.5, 0.6) is 0 Å². The summed E-state index contributed by atoms with van der Waals surface area (Å²) < 4.78 is 10.8. The summed E-state index contributed by atoms with van der Waals surface area (Å²) in [5, 5.41) is 3.92. The molecule has 0 spiro atoms. The number of aryl methyl sites for hydroxylation is 2. The van der Waals surface area contributed by atoms with E-state index in [1.165, 1.54) is 0 Å². The van der Waals surface area contributed by atoms with Crippen LogP contribution in [0.15, 0.2) is 4.52 Å². The van der Waals surface area contributed by atoms with E-state index < -0.39 is 0 Å². The van der Waals surface area contributed by atoms with Gasteiger partial charge in [-0.3, -0.25) is 4.79 Å². The largest absolute Gasteiger partial charge is 0.372 e. The van der Waals surface area contributed by atoms with Crippen LogP contribution in [0.25, 0.3) is 0 Å². The van der Waals surface area contributed by atoms with Crippen LogP contribution in [0, 0.1) is 13.8 Å². The molecule has 20 heavy (non-hydrogen) atoms. The van der Waals surface area contributed by atoms with Gasteiger partial charge in [0.05, 0.1) is 23.7 Å². The van der Waals surface area contributed by atoms with Crippen molar-refractivity contribution in [2.24, 2.45) is 0 Å². The highest BCUT2D eigenvalue weighted by molar-refractivity contribution is 7.99. The van der Waals surface area contributed by atoms with Gasteiger partial charge in [0.25, 0.3) is 0 Å². The van der Waals surface area contributed by atoms with Gasteiger partial charge < -0.3 is 14.2 Å². The predicted molar refractivity (Wildman–Crippen MR) is 78.7 cm³/mol. The van der Waals surface area contributed by atoms with E-state index in [9.17, 15) is 4.79 Å². The normalized spacial score (nSPS) is 23.1. The van der Waals surface area contributed by atoms with Gasteiger partial charge in [0.15, 0.2) is 0 Å². The Bertz CT molecular complexity index is 445. The van der Waals surface area contributed by atoms with Crippen molar-refractivity contribution in [1.29, 1.82) is 0 Å². The topological polar surface area (TPSA) is 55.6 Å². The fourth-order valence-corrected chi connectivity index (χ4v) is 3.50. The Morgan fingerprint density at radius 1 is 1.35 bits per heavy atom. The SMILES string of the molecule is Cc1noc(C)c1CSCC(=O)N1C[C@@H](C)O[C@@H](C)C1. The highest BCUT2D eigenvalue weighted by atomic mass is 32.2. The highest BCUT2D eigenvalue weighted by Crippen LogP contribution is 2.20. The van der Waals surface area contributed by atoms with Crippen molar-refractivity contribution in [3.63, 3.8) is 0 Å². The van der Waals surface area contributed by atoms with Crippen LogP contribution in [0.3, 0.4) is 0 Å². The summed E-state index contributed by atoms with van der Waals surface area (Å²) in [6.07, 6.45) is 0.241. The van der Waals surface area contributed by atoms with Crippen LogP contribution >= 0.6 is 11.8 Å². The monoisotopic (exact) mass is 298 g/mol. The Kier molecular flexibility index (Phi) is 5.10. The molecule has 0 saturated carbocycles. The van der Waals surface area contributed by atoms with Crippen molar-refractivity contribution in [3.05, 3.63) is 17.0 Å². The lowest BCUT2D eigenvalue weighted by atomic mass is 10.2. The molecule has 2 heterocycles. The Labute approximate surface area is 124 Å². The second-order valence-electron chi connectivity index (χ2n) is 5.35. The fraction of sp³-hybridized carbons (Fsp3) is 0.714. The van der Waals surface area contributed by atoms with E-state index in [1.54, 1.807) is 11.8 Å². The second-order valence-corrected chi connectivity index (χ2v) is 6.34. The van der Waals surface area contributed by atoms with Gasteiger partial charge in [-0.15, -0.1) is 11.8 Å². The lowest BCUT2D eigenvalue weighted by Gasteiger charge is -2.35. The summed E-state index contributed by atoms with van der Waals surface area (Å²) in [6, 6.07) is 0. The summed E-state index contributed by atoms with van der Waals surface area (Å²) in [6.45, 7) is 9.23. The first kappa shape index (κ1) is 15.4. The molecule has 2 atom stereocenters. The number of carbonyl (C=O) groups excluding carboxylic acids is 1. The molecule has 0 N–H and O–H groups in total. The molecule has 2 rings (SSSR count). The summed E-state index contributed by atoms with van der Waals surface area (Å²) in [5.74, 6) is 2.28. The summed E-state index contributed by atoms with van der Waals surface area (Å²) >= 11 is 1.61. The molecule has 1 amide bonds. The van der Waals surface area contributed by atoms with Crippen LogP contribution in [0.4, 0.5) is 0 Å². The molecule has 6 heteroatoms. The zero-order valence-electron chi connectivity index (χ0n) is 12.5. The van der Waals surface area contributed by atoms with E-state index in [1.807, 2.05) is 32.6 Å². The van der Waals surface area contributed by atoms with Crippen molar-refractivity contribution in [2.75, 3.05) is 18.8 Å². The van der Waals surface area contributed by atoms with Gasteiger partial charge in [-0.1, -0.05) is 5.16 Å². The molecule has 0 bridgehead atoms. The molecule has 1 aromatic rings. The average Bonchev–Trinajstić information content (AvgIpc) is 2.69. The van der Waals surface area contributed by atoms with Gasteiger partial charge >= 0.3 is 0 Å². The maximum Gasteiger partial charge on any atom is 0.232 e. The number of nitrogens with zero attached hydrogens (tertiary/aromatic N) is 2. The van der Waals surface area contributed by atoms with Gasteiger partial charge in [-0.25, -0.2) is 0 Å². The van der Waals surface area contributed by atoms with Crippen molar-refractivity contribution < 1.29 is 14.1 Å². The molecule has 1 aliphatic rings. The molecule has 1 aromatic heterocycles. The Morgan fingerprint density at radius 3 is 2.55 bits per heavy atom. The van der Waals surface area contributed by atoms with Crippen molar-refractivity contribution in [1.82, 2.24) is 10.1 Å². The molecule has 1 saturated heterocycles. The molecule has 1 aliphatic heterocycles. The van der Waals surface area contributed by atoms with Gasteiger partial charge in [-0.2, -0.15) is 0 Å². The van der Waals surface area contributed by atoms with E-state index in [-0.39, 0.29) is 18.1 Å². The van der Waals surface area contributed by atoms with Gasteiger partial charge in [0.1, 0.15) is 5.76 Å². The Hall–Kier alpha value is -1.01. The zero-order valence-corrected chi connectivity index (χ0v) is 13.3. The lowest BCUT2D eigenvalue weighted by molar-refractivity contribution is -0.140. The van der Waals surface area contributed by atoms with Crippen LogP contribution < -0.4 is 0 Å². The molecule has 0 unspecified atom stereocenters. The number of aromatic nitrogens is 1. The average molecular weight is 298 g/mol. The molecule has 112 valence electrons. The van der Waals surface area contributed by atoms with Crippen molar-refractivity contribution in [3.8, 4) is 0 Å². The maximum absolute atomic E-state index is 12.2. The number of morpholine rings is 1. The summed E-state index contributed by atoms with van der Waals surface area (Å²) in [5.41, 5.74) is 2.02. The van der Waals surface area contributed by atoms with Gasteiger partial charge in [0, 0.05) is 24.4 Å². The predicted octanol–water partition coefficient (Wildman–Crippen LogP) is 2.16. The maximum atomic E-state index is 12.2. The molecule has 0 aliphatic carbocycles. The van der Waals surface area contributed by atoms with Crippen LogP contribution in [-0.2, 0) is 15.3 Å². The first-order chi connectivity index (χ1) is 9.47. The van der Waals surface area contributed by atoms with Crippen molar-refractivity contribution in [2.45, 2.75) is 45.7 Å². The van der Waals surface area contributed by atoms with Gasteiger partial charge in [-0.05, 0) is 27.7 Å². The van der Waals surface area contributed by atoms with E-state index in [4.69, 9.17) is 9.26 Å². The third-order valence-corrected chi connectivity index (χ3v) is 4.37. The summed E-state index contributed by atoms with van der Waals surface area (Å²) in [7, 11) is 0. The van der Waals surface area contributed by atoms with Crippen molar-refractivity contribution >= 4 is 17.7 Å². The lowest BCUT2D eigenvalue weighted by Crippen LogP contribution is -2.48. The van der Waals surface area contributed by atoms with E-state index in [0.29, 0.717) is 18.8 Å². The van der Waals surface area contributed by atoms with Gasteiger partial charge in [0.2, 0.25) is 5.91 Å². The number of thioether (sulfide) groups is 1. The molecule has 5 nitrogen and oxygen atoms in total. The number of amides is 1. The highest BCUT2D eigenvalue weighted by Gasteiger charge is 2.25. The van der Waals surface area contributed by atoms with Crippen LogP contribution in [0.2, 0.25) is 0 Å². The smallest absolute Gasteiger partial charge is 0.232 e. The second kappa shape index (κ2) is 6.63. The Balaban J connectivity index is 1.80. The Morgan fingerprint density at radius 2 is 2.00 bits per heavy atom. The first-order valence-electron chi connectivity index (χ1n) is 6.90. The first-order valence-corrected chi connectivity index (χ1v) is 8.05. The fourth-order valence-electron chi connectivity index (χ4n) is 2.42. The zero-order chi connectivity index (χ0) is 14.7. The molecule has 0 radical (unpaired) electrons. The third kappa shape index (κ3) is 3.76. The molecule has 1 fully saturated rings.